The van der Waals surface area contributed by atoms with Crippen molar-refractivity contribution in [3.05, 3.63) is 68.8 Å². The largest absolute Gasteiger partial charge is 0.465 e. The first kappa shape index (κ1) is 17.1. The highest BCUT2D eigenvalue weighted by Gasteiger charge is 2.38. The minimum Gasteiger partial charge on any atom is -0.465 e. The van der Waals surface area contributed by atoms with Gasteiger partial charge in [-0.25, -0.2) is 9.18 Å². The van der Waals surface area contributed by atoms with Gasteiger partial charge in [0.2, 0.25) is 0 Å². The van der Waals surface area contributed by atoms with Crippen molar-refractivity contribution in [3.63, 3.8) is 0 Å². The molecule has 1 aromatic heterocycles. The van der Waals surface area contributed by atoms with Gasteiger partial charge in [-0.2, -0.15) is 0 Å². The van der Waals surface area contributed by atoms with Gasteiger partial charge in [0, 0.05) is 10.6 Å². The Bertz CT molecular complexity index is 926. The van der Waals surface area contributed by atoms with E-state index in [9.17, 15) is 14.0 Å². The van der Waals surface area contributed by atoms with Crippen LogP contribution < -0.4 is 4.90 Å². The van der Waals surface area contributed by atoms with Crippen LogP contribution in [0.2, 0.25) is 0 Å². The summed E-state index contributed by atoms with van der Waals surface area (Å²) in [6.07, 6.45) is 1.67. The molecule has 0 aliphatic carbocycles. The van der Waals surface area contributed by atoms with Crippen molar-refractivity contribution in [3.8, 4) is 0 Å². The average Bonchev–Trinajstić information content (AvgIpc) is 3.10. The first-order valence-corrected chi connectivity index (χ1v) is 8.48. The van der Waals surface area contributed by atoms with E-state index in [-0.39, 0.29) is 16.8 Å². The lowest BCUT2D eigenvalue weighted by molar-refractivity contribution is -0.136. The van der Waals surface area contributed by atoms with Crippen molar-refractivity contribution in [2.75, 3.05) is 12.0 Å². The first-order chi connectivity index (χ1) is 12.0. The van der Waals surface area contributed by atoms with Gasteiger partial charge in [-0.05, 0) is 49.1 Å². The zero-order chi connectivity index (χ0) is 18.1. The van der Waals surface area contributed by atoms with Crippen LogP contribution in [0, 0.1) is 12.7 Å². The summed E-state index contributed by atoms with van der Waals surface area (Å²) >= 11 is 1.47. The van der Waals surface area contributed by atoms with Crippen LogP contribution in [-0.2, 0) is 14.3 Å². The Hall–Kier alpha value is -2.73. The minimum atomic E-state index is -0.620. The molecule has 0 N–H and O–H groups in total. The Morgan fingerprint density at radius 1 is 1.24 bits per heavy atom. The summed E-state index contributed by atoms with van der Waals surface area (Å²) in [4.78, 5) is 27.3. The fourth-order valence-corrected chi connectivity index (χ4v) is 3.63. The smallest absolute Gasteiger partial charge is 0.340 e. The molecule has 4 nitrogen and oxygen atoms in total. The van der Waals surface area contributed by atoms with E-state index in [0.29, 0.717) is 5.70 Å². The third-order valence-corrected chi connectivity index (χ3v) is 5.03. The highest BCUT2D eigenvalue weighted by Crippen LogP contribution is 2.37. The number of aryl methyl sites for hydroxylation is 1. The monoisotopic (exact) mass is 357 g/mol. The number of methoxy groups -OCH3 is 1. The molecule has 1 aliphatic rings. The summed E-state index contributed by atoms with van der Waals surface area (Å²) in [6, 6.07) is 7.90. The highest BCUT2D eigenvalue weighted by molar-refractivity contribution is 7.11. The normalized spacial score (nSPS) is 16.1. The van der Waals surface area contributed by atoms with Crippen molar-refractivity contribution in [1.82, 2.24) is 0 Å². The third-order valence-electron chi connectivity index (χ3n) is 4.06. The van der Waals surface area contributed by atoms with E-state index in [1.54, 1.807) is 25.1 Å². The minimum absolute atomic E-state index is 0.109. The number of ether oxygens (including phenoxy) is 1. The van der Waals surface area contributed by atoms with Crippen molar-refractivity contribution in [2.45, 2.75) is 13.8 Å². The molecular weight excluding hydrogens is 341 g/mol. The van der Waals surface area contributed by atoms with Crippen molar-refractivity contribution in [2.24, 2.45) is 0 Å². The van der Waals surface area contributed by atoms with Crippen molar-refractivity contribution < 1.29 is 18.7 Å². The number of benzene rings is 1. The standard InChI is InChI=1S/C19H16FNO3S/c1-11-8-9-25-16(11)10-13-17(19(23)24-3)12(2)21(18(13)22)15-7-5-4-6-14(15)20/h4-10H,1-3H3/b13-10-. The Morgan fingerprint density at radius 2 is 1.96 bits per heavy atom. The average molecular weight is 357 g/mol. The maximum atomic E-state index is 14.2. The third kappa shape index (κ3) is 2.89. The lowest BCUT2D eigenvalue weighted by Crippen LogP contribution is -2.25. The zero-order valence-electron chi connectivity index (χ0n) is 14.0. The predicted octanol–water partition coefficient (Wildman–Crippen LogP) is 4.07. The molecule has 0 unspecified atom stereocenters. The summed E-state index contributed by atoms with van der Waals surface area (Å²) in [6.45, 7) is 3.53. The van der Waals surface area contributed by atoms with Gasteiger partial charge in [-0.1, -0.05) is 12.1 Å². The maximum absolute atomic E-state index is 14.2. The van der Waals surface area contributed by atoms with Crippen molar-refractivity contribution in [1.29, 1.82) is 0 Å². The Balaban J connectivity index is 2.19. The maximum Gasteiger partial charge on any atom is 0.340 e. The van der Waals surface area contributed by atoms with Gasteiger partial charge < -0.3 is 4.74 Å². The molecule has 0 atom stereocenters. The van der Waals surface area contributed by atoms with E-state index < -0.39 is 17.7 Å². The van der Waals surface area contributed by atoms with E-state index in [1.807, 2.05) is 18.4 Å². The molecule has 25 heavy (non-hydrogen) atoms. The van der Waals surface area contributed by atoms with Crippen LogP contribution in [0.3, 0.4) is 0 Å². The second-order valence-electron chi connectivity index (χ2n) is 5.57. The van der Waals surface area contributed by atoms with Crippen LogP contribution in [0.5, 0.6) is 0 Å². The Morgan fingerprint density at radius 3 is 2.56 bits per heavy atom. The van der Waals surface area contributed by atoms with E-state index >= 15 is 0 Å². The number of nitrogens with zero attached hydrogens (tertiary/aromatic N) is 1. The van der Waals surface area contributed by atoms with Gasteiger partial charge in [-0.15, -0.1) is 11.3 Å². The number of hydrogen-bond donors (Lipinski definition) is 0. The van der Waals surface area contributed by atoms with Gasteiger partial charge in [0.1, 0.15) is 5.82 Å². The second kappa shape index (κ2) is 6.64. The molecule has 2 heterocycles. The molecular formula is C19H16FNO3S. The molecule has 128 valence electrons. The summed E-state index contributed by atoms with van der Waals surface area (Å²) < 4.78 is 19.1. The van der Waals surface area contributed by atoms with Crippen LogP contribution in [-0.4, -0.2) is 19.0 Å². The molecule has 1 aromatic carbocycles. The predicted molar refractivity (Wildman–Crippen MR) is 95.6 cm³/mol. The van der Waals surface area contributed by atoms with E-state index in [1.165, 1.54) is 35.5 Å². The zero-order valence-corrected chi connectivity index (χ0v) is 14.8. The molecule has 0 radical (unpaired) electrons. The number of carbonyl (C=O) groups excluding carboxylic acids is 2. The summed E-state index contributed by atoms with van der Waals surface area (Å²) in [7, 11) is 1.26. The molecule has 1 amide bonds. The summed E-state index contributed by atoms with van der Waals surface area (Å²) in [5.41, 5.74) is 1.82. The van der Waals surface area contributed by atoms with Gasteiger partial charge in [-0.3, -0.25) is 9.69 Å². The van der Waals surface area contributed by atoms with Gasteiger partial charge in [0.15, 0.2) is 0 Å². The topological polar surface area (TPSA) is 46.6 Å². The molecule has 6 heteroatoms. The van der Waals surface area contributed by atoms with E-state index in [0.717, 1.165) is 10.4 Å². The summed E-state index contributed by atoms with van der Waals surface area (Å²) in [5, 5.41) is 1.91. The molecule has 0 fully saturated rings. The molecule has 3 rings (SSSR count). The van der Waals surface area contributed by atoms with E-state index in [2.05, 4.69) is 0 Å². The van der Waals surface area contributed by atoms with Gasteiger partial charge in [0.25, 0.3) is 5.91 Å². The SMILES string of the molecule is COC(=O)C1=C(C)N(c2ccccc2F)C(=O)/C1=C\c1sccc1C. The van der Waals surface area contributed by atoms with Crippen LogP contribution in [0.4, 0.5) is 10.1 Å². The Labute approximate surface area is 148 Å². The number of esters is 1. The lowest BCUT2D eigenvalue weighted by atomic mass is 10.1. The number of thiophene rings is 1. The molecule has 0 spiro atoms. The van der Waals surface area contributed by atoms with Gasteiger partial charge in [0.05, 0.1) is 23.9 Å². The highest BCUT2D eigenvalue weighted by atomic mass is 32.1. The van der Waals surface area contributed by atoms with Crippen LogP contribution in [0.25, 0.3) is 6.08 Å². The molecule has 0 saturated heterocycles. The first-order valence-electron chi connectivity index (χ1n) is 7.60. The van der Waals surface area contributed by atoms with Crippen LogP contribution in [0.1, 0.15) is 17.4 Å². The van der Waals surface area contributed by atoms with Gasteiger partial charge >= 0.3 is 5.97 Å². The fourth-order valence-electron chi connectivity index (χ4n) is 2.77. The lowest BCUT2D eigenvalue weighted by Gasteiger charge is -2.18. The quantitative estimate of drug-likeness (QED) is 0.614. The second-order valence-corrected chi connectivity index (χ2v) is 6.52. The number of halogens is 1. The molecule has 0 saturated carbocycles. The van der Waals surface area contributed by atoms with Crippen LogP contribution >= 0.6 is 11.3 Å². The number of amides is 1. The molecule has 1 aliphatic heterocycles. The number of allylic oxidation sites excluding steroid dienone is 1. The fraction of sp³-hybridized carbons (Fsp3) is 0.158. The Kier molecular flexibility index (Phi) is 4.55. The molecule has 0 bridgehead atoms. The number of rotatable bonds is 3. The number of para-hydroxylation sites is 1. The number of carbonyl (C=O) groups is 2. The van der Waals surface area contributed by atoms with E-state index in [4.69, 9.17) is 4.74 Å². The van der Waals surface area contributed by atoms with Crippen molar-refractivity contribution >= 4 is 35.0 Å². The van der Waals surface area contributed by atoms with Crippen LogP contribution in [0.15, 0.2) is 52.6 Å². The number of hydrogen-bond acceptors (Lipinski definition) is 4. The summed E-state index contributed by atoms with van der Waals surface area (Å²) in [5.74, 6) is -1.60. The molecule has 2 aromatic rings. The number of anilines is 1.